The quantitative estimate of drug-likeness (QED) is 0.861. The van der Waals surface area contributed by atoms with Gasteiger partial charge in [0.1, 0.15) is 5.54 Å². The zero-order valence-corrected chi connectivity index (χ0v) is 14.1. The Morgan fingerprint density at radius 3 is 1.86 bits per heavy atom. The minimum absolute atomic E-state index is 0.0971. The first-order valence-electron chi connectivity index (χ1n) is 7.56. The predicted molar refractivity (Wildman–Crippen MR) is 82.4 cm³/mol. The second-order valence-corrected chi connectivity index (χ2v) is 7.04. The van der Waals surface area contributed by atoms with Crippen LogP contribution < -0.4 is 0 Å². The van der Waals surface area contributed by atoms with Crippen molar-refractivity contribution in [3.05, 3.63) is 0 Å². The summed E-state index contributed by atoms with van der Waals surface area (Å²) in [6, 6.07) is -0.182. The zero-order chi connectivity index (χ0) is 16.4. The lowest BCUT2D eigenvalue weighted by molar-refractivity contribution is -0.147. The number of likely N-dealkylation sites (N-methyl/N-ethyl adjacent to an activating group) is 1. The largest absolute Gasteiger partial charge is 0.480 e. The molecular weight excluding hydrogens is 270 g/mol. The fourth-order valence-electron chi connectivity index (χ4n) is 2.62. The third-order valence-corrected chi connectivity index (χ3v) is 4.24. The summed E-state index contributed by atoms with van der Waals surface area (Å²) < 4.78 is 0. The molecule has 2 amide bonds. The summed E-state index contributed by atoms with van der Waals surface area (Å²) in [5.74, 6) is -0.981. The van der Waals surface area contributed by atoms with Crippen LogP contribution in [0.4, 0.5) is 4.79 Å². The molecule has 0 aliphatic carbocycles. The van der Waals surface area contributed by atoms with E-state index in [0.29, 0.717) is 19.6 Å². The number of aliphatic carboxylic acids is 1. The van der Waals surface area contributed by atoms with Crippen LogP contribution in [0.25, 0.3) is 0 Å². The lowest BCUT2D eigenvalue weighted by atomic mass is 10.0. The normalized spacial score (nSPS) is 17.7. The van der Waals surface area contributed by atoms with Crippen molar-refractivity contribution >= 4 is 12.0 Å². The van der Waals surface area contributed by atoms with Gasteiger partial charge in [0, 0.05) is 38.3 Å². The van der Waals surface area contributed by atoms with Gasteiger partial charge in [-0.25, -0.2) is 9.59 Å². The third kappa shape index (κ3) is 3.87. The summed E-state index contributed by atoms with van der Waals surface area (Å²) in [5, 5.41) is 9.32. The van der Waals surface area contributed by atoms with Crippen LogP contribution in [0.15, 0.2) is 0 Å². The van der Waals surface area contributed by atoms with Crippen LogP contribution in [0.1, 0.15) is 41.5 Å². The molecule has 122 valence electrons. The molecule has 1 aliphatic rings. The SMILES string of the molecule is CCN(C(=O)N1CCN(C(C)(C)C)CC1)C(C)(C)C(=O)O. The molecule has 1 N–H and O–H groups in total. The average Bonchev–Trinajstić information content (AvgIpc) is 2.38. The second-order valence-electron chi connectivity index (χ2n) is 7.04. The maximum atomic E-state index is 12.6. The van der Waals surface area contributed by atoms with E-state index in [2.05, 4.69) is 25.7 Å². The number of carboxylic acids is 1. The van der Waals surface area contributed by atoms with Crippen LogP contribution in [0, 0.1) is 0 Å². The van der Waals surface area contributed by atoms with Crippen LogP contribution in [0.3, 0.4) is 0 Å². The maximum Gasteiger partial charge on any atom is 0.329 e. The van der Waals surface area contributed by atoms with Crippen molar-refractivity contribution in [2.24, 2.45) is 0 Å². The topological polar surface area (TPSA) is 64.1 Å². The maximum absolute atomic E-state index is 12.6. The molecule has 1 heterocycles. The van der Waals surface area contributed by atoms with Crippen LogP contribution in [-0.2, 0) is 4.79 Å². The highest BCUT2D eigenvalue weighted by atomic mass is 16.4. The molecular formula is C15H29N3O3. The van der Waals surface area contributed by atoms with Crippen molar-refractivity contribution in [3.8, 4) is 0 Å². The molecule has 0 aromatic heterocycles. The van der Waals surface area contributed by atoms with Crippen LogP contribution in [0.2, 0.25) is 0 Å². The fourth-order valence-corrected chi connectivity index (χ4v) is 2.62. The smallest absolute Gasteiger partial charge is 0.329 e. The molecule has 6 nitrogen and oxygen atoms in total. The molecule has 0 spiro atoms. The first kappa shape index (κ1) is 17.8. The van der Waals surface area contributed by atoms with Crippen LogP contribution >= 0.6 is 0 Å². The molecule has 0 bridgehead atoms. The molecule has 0 aromatic rings. The number of carbonyl (C=O) groups excluding carboxylic acids is 1. The van der Waals surface area contributed by atoms with E-state index in [1.165, 1.54) is 4.90 Å². The Balaban J connectivity index is 2.74. The Morgan fingerprint density at radius 1 is 1.05 bits per heavy atom. The van der Waals surface area contributed by atoms with Gasteiger partial charge < -0.3 is 14.9 Å². The summed E-state index contributed by atoms with van der Waals surface area (Å²) in [4.78, 5) is 29.5. The average molecular weight is 299 g/mol. The Labute approximate surface area is 127 Å². The number of amides is 2. The van der Waals surface area contributed by atoms with Crippen molar-refractivity contribution < 1.29 is 14.7 Å². The minimum Gasteiger partial charge on any atom is -0.480 e. The Kier molecular flexibility index (Phi) is 5.25. The van der Waals surface area contributed by atoms with Crippen LogP contribution in [-0.4, -0.2) is 75.6 Å². The first-order valence-corrected chi connectivity index (χ1v) is 7.56. The first-order chi connectivity index (χ1) is 9.51. The third-order valence-electron chi connectivity index (χ3n) is 4.24. The highest BCUT2D eigenvalue weighted by Crippen LogP contribution is 2.20. The number of hydrogen-bond donors (Lipinski definition) is 1. The number of piperazine rings is 1. The van der Waals surface area contributed by atoms with E-state index >= 15 is 0 Å². The van der Waals surface area contributed by atoms with Crippen LogP contribution in [0.5, 0.6) is 0 Å². The Morgan fingerprint density at radius 2 is 1.52 bits per heavy atom. The molecule has 0 unspecified atom stereocenters. The van der Waals surface area contributed by atoms with Gasteiger partial charge in [0.2, 0.25) is 0 Å². The molecule has 0 atom stereocenters. The van der Waals surface area contributed by atoms with E-state index in [1.54, 1.807) is 18.7 Å². The lowest BCUT2D eigenvalue weighted by Gasteiger charge is -2.45. The highest BCUT2D eigenvalue weighted by Gasteiger charge is 2.39. The molecule has 1 aliphatic heterocycles. The molecule has 1 fully saturated rings. The van der Waals surface area contributed by atoms with Gasteiger partial charge in [-0.05, 0) is 41.5 Å². The molecule has 1 rings (SSSR count). The van der Waals surface area contributed by atoms with Gasteiger partial charge in [-0.1, -0.05) is 0 Å². The number of rotatable bonds is 3. The zero-order valence-electron chi connectivity index (χ0n) is 14.1. The summed E-state index contributed by atoms with van der Waals surface area (Å²) in [7, 11) is 0. The minimum atomic E-state index is -1.19. The fraction of sp³-hybridized carbons (Fsp3) is 0.867. The molecule has 6 heteroatoms. The second kappa shape index (κ2) is 6.22. The van der Waals surface area contributed by atoms with Gasteiger partial charge in [0.05, 0.1) is 0 Å². The number of hydrogen-bond acceptors (Lipinski definition) is 3. The molecule has 0 saturated carbocycles. The van der Waals surface area contributed by atoms with Crippen molar-refractivity contribution in [2.45, 2.75) is 52.6 Å². The molecule has 1 saturated heterocycles. The van der Waals surface area contributed by atoms with Gasteiger partial charge >= 0.3 is 12.0 Å². The van der Waals surface area contributed by atoms with Gasteiger partial charge in [-0.2, -0.15) is 0 Å². The van der Waals surface area contributed by atoms with Gasteiger partial charge in [-0.3, -0.25) is 4.90 Å². The lowest BCUT2D eigenvalue weighted by Crippen LogP contribution is -2.61. The Hall–Kier alpha value is -1.30. The van der Waals surface area contributed by atoms with Crippen molar-refractivity contribution in [2.75, 3.05) is 32.7 Å². The van der Waals surface area contributed by atoms with E-state index in [-0.39, 0.29) is 11.6 Å². The number of carboxylic acid groups (broad SMARTS) is 1. The van der Waals surface area contributed by atoms with Crippen molar-refractivity contribution in [1.29, 1.82) is 0 Å². The van der Waals surface area contributed by atoms with E-state index in [9.17, 15) is 14.7 Å². The van der Waals surface area contributed by atoms with Crippen molar-refractivity contribution in [3.63, 3.8) is 0 Å². The van der Waals surface area contributed by atoms with Gasteiger partial charge in [0.25, 0.3) is 0 Å². The molecule has 21 heavy (non-hydrogen) atoms. The number of urea groups is 1. The van der Waals surface area contributed by atoms with E-state index in [0.717, 1.165) is 13.1 Å². The molecule has 0 aromatic carbocycles. The monoisotopic (exact) mass is 299 g/mol. The van der Waals surface area contributed by atoms with E-state index in [1.807, 2.05) is 6.92 Å². The van der Waals surface area contributed by atoms with Crippen molar-refractivity contribution in [1.82, 2.24) is 14.7 Å². The number of nitrogens with zero attached hydrogens (tertiary/aromatic N) is 3. The standard InChI is InChI=1S/C15H29N3O3/c1-7-18(15(5,6)12(19)20)13(21)16-8-10-17(11-9-16)14(2,3)4/h7-11H2,1-6H3,(H,19,20). The van der Waals surface area contributed by atoms with E-state index < -0.39 is 11.5 Å². The number of carbonyl (C=O) groups is 2. The van der Waals surface area contributed by atoms with E-state index in [4.69, 9.17) is 0 Å². The summed E-state index contributed by atoms with van der Waals surface area (Å²) in [5.41, 5.74) is -1.09. The predicted octanol–water partition coefficient (Wildman–Crippen LogP) is 1.71. The highest BCUT2D eigenvalue weighted by molar-refractivity contribution is 5.85. The Bertz CT molecular complexity index is 393. The summed E-state index contributed by atoms with van der Waals surface area (Å²) in [6.07, 6.45) is 0. The molecule has 0 radical (unpaired) electrons. The summed E-state index contributed by atoms with van der Waals surface area (Å²) in [6.45, 7) is 14.8. The summed E-state index contributed by atoms with van der Waals surface area (Å²) >= 11 is 0. The van der Waals surface area contributed by atoms with Gasteiger partial charge in [0.15, 0.2) is 0 Å². The van der Waals surface area contributed by atoms with Gasteiger partial charge in [-0.15, -0.1) is 0 Å².